The lowest BCUT2D eigenvalue weighted by atomic mass is 9.97. The lowest BCUT2D eigenvalue weighted by Crippen LogP contribution is -2.29. The number of methoxy groups -OCH3 is 2. The average molecular weight is 451 g/mol. The van der Waals surface area contributed by atoms with Crippen molar-refractivity contribution in [1.29, 1.82) is 0 Å². The van der Waals surface area contributed by atoms with E-state index in [9.17, 15) is 14.7 Å². The van der Waals surface area contributed by atoms with E-state index in [0.717, 1.165) is 0 Å². The second-order valence-electron chi connectivity index (χ2n) is 6.97. The summed E-state index contributed by atoms with van der Waals surface area (Å²) in [5, 5.41) is 11.8. The first-order valence-corrected chi connectivity index (χ1v) is 10.0. The van der Waals surface area contributed by atoms with Crippen LogP contribution >= 0.6 is 11.6 Å². The van der Waals surface area contributed by atoms with Gasteiger partial charge in [0, 0.05) is 16.9 Å². The maximum absolute atomic E-state index is 13.2. The second kappa shape index (κ2) is 8.72. The number of hydrogen-bond donors (Lipinski definition) is 1. The zero-order valence-electron chi connectivity index (χ0n) is 17.3. The molecule has 1 amide bonds. The minimum atomic E-state index is -0.951. The summed E-state index contributed by atoms with van der Waals surface area (Å²) < 4.78 is 10.6. The summed E-state index contributed by atoms with van der Waals surface area (Å²) in [6, 6.07) is 15.5. The highest BCUT2D eigenvalue weighted by Crippen LogP contribution is 2.43. The minimum Gasteiger partial charge on any atom is -0.507 e. The van der Waals surface area contributed by atoms with Crippen molar-refractivity contribution in [2.75, 3.05) is 19.1 Å². The van der Waals surface area contributed by atoms with Crippen LogP contribution in [-0.4, -0.2) is 36.0 Å². The normalized spacial score (nSPS) is 17.5. The van der Waals surface area contributed by atoms with E-state index in [1.165, 1.54) is 19.1 Å². The number of anilines is 1. The molecule has 2 heterocycles. The standard InChI is InChI=1S/C24H19ClN2O5/c1-31-16-10-11-19(32-2)17(13-16)22(28)20-21(18-5-3-4-12-26-18)27(24(30)23(20)29)15-8-6-14(25)7-9-15/h3-13,21,28H,1-2H3/b22-20+. The number of rotatable bonds is 5. The lowest BCUT2D eigenvalue weighted by molar-refractivity contribution is -0.132. The van der Waals surface area contributed by atoms with Crippen LogP contribution in [0.2, 0.25) is 5.02 Å². The fourth-order valence-corrected chi connectivity index (χ4v) is 3.79. The first-order chi connectivity index (χ1) is 15.5. The third-order valence-corrected chi connectivity index (χ3v) is 5.43. The van der Waals surface area contributed by atoms with Crippen LogP contribution in [-0.2, 0) is 9.59 Å². The van der Waals surface area contributed by atoms with Gasteiger partial charge < -0.3 is 14.6 Å². The summed E-state index contributed by atoms with van der Waals surface area (Å²) in [5.41, 5.74) is 0.992. The van der Waals surface area contributed by atoms with Gasteiger partial charge in [-0.1, -0.05) is 17.7 Å². The van der Waals surface area contributed by atoms with Crippen LogP contribution < -0.4 is 14.4 Å². The van der Waals surface area contributed by atoms with E-state index in [4.69, 9.17) is 21.1 Å². The molecule has 1 aliphatic heterocycles. The predicted molar refractivity (Wildman–Crippen MR) is 120 cm³/mol. The Labute approximate surface area is 189 Å². The zero-order chi connectivity index (χ0) is 22.8. The number of Topliss-reactive ketones (excluding diaryl/α,β-unsaturated/α-hetero) is 1. The van der Waals surface area contributed by atoms with E-state index in [2.05, 4.69) is 4.98 Å². The molecular weight excluding hydrogens is 432 g/mol. The molecule has 1 aromatic heterocycles. The van der Waals surface area contributed by atoms with Crippen LogP contribution in [0.25, 0.3) is 5.76 Å². The molecule has 162 valence electrons. The van der Waals surface area contributed by atoms with Crippen LogP contribution in [0.5, 0.6) is 11.5 Å². The van der Waals surface area contributed by atoms with Crippen LogP contribution in [0.1, 0.15) is 17.3 Å². The highest BCUT2D eigenvalue weighted by molar-refractivity contribution is 6.51. The summed E-state index contributed by atoms with van der Waals surface area (Å²) in [6.45, 7) is 0. The van der Waals surface area contributed by atoms with E-state index < -0.39 is 17.7 Å². The van der Waals surface area contributed by atoms with Crippen molar-refractivity contribution in [1.82, 2.24) is 4.98 Å². The monoisotopic (exact) mass is 450 g/mol. The van der Waals surface area contributed by atoms with Crippen molar-refractivity contribution in [3.8, 4) is 11.5 Å². The van der Waals surface area contributed by atoms with Crippen molar-refractivity contribution in [2.24, 2.45) is 0 Å². The fraction of sp³-hybridized carbons (Fsp3) is 0.125. The Kier molecular flexibility index (Phi) is 5.83. The summed E-state index contributed by atoms with van der Waals surface area (Å²) in [6.07, 6.45) is 1.56. The molecule has 2 aromatic carbocycles. The van der Waals surface area contributed by atoms with Gasteiger partial charge in [0.2, 0.25) is 0 Å². The Hall–Kier alpha value is -3.84. The molecule has 7 nitrogen and oxygen atoms in total. The van der Waals surface area contributed by atoms with Gasteiger partial charge in [0.1, 0.15) is 23.3 Å². The highest BCUT2D eigenvalue weighted by atomic mass is 35.5. The smallest absolute Gasteiger partial charge is 0.300 e. The molecule has 32 heavy (non-hydrogen) atoms. The molecule has 1 unspecified atom stereocenters. The van der Waals surface area contributed by atoms with Crippen molar-refractivity contribution < 1.29 is 24.2 Å². The molecule has 4 rings (SSSR count). The third kappa shape index (κ3) is 3.67. The largest absolute Gasteiger partial charge is 0.507 e. The predicted octanol–water partition coefficient (Wildman–Crippen LogP) is 4.38. The molecule has 0 saturated carbocycles. The molecule has 1 N–H and O–H groups in total. The minimum absolute atomic E-state index is 0.102. The average Bonchev–Trinajstić information content (AvgIpc) is 3.09. The van der Waals surface area contributed by atoms with Gasteiger partial charge in [-0.05, 0) is 54.6 Å². The molecule has 3 aromatic rings. The van der Waals surface area contributed by atoms with Gasteiger partial charge in [-0.15, -0.1) is 0 Å². The number of carbonyl (C=O) groups excluding carboxylic acids is 2. The van der Waals surface area contributed by atoms with Crippen molar-refractivity contribution in [3.05, 3.63) is 88.7 Å². The first kappa shape index (κ1) is 21.4. The number of nitrogens with zero attached hydrogens (tertiary/aromatic N) is 2. The summed E-state index contributed by atoms with van der Waals surface area (Å²) in [7, 11) is 2.93. The SMILES string of the molecule is COc1ccc(OC)c(/C(O)=C2\C(=O)C(=O)N(c3ccc(Cl)cc3)C2c2ccccn2)c1. The van der Waals surface area contributed by atoms with Gasteiger partial charge in [0.25, 0.3) is 11.7 Å². The summed E-state index contributed by atoms with van der Waals surface area (Å²) >= 11 is 6.00. The number of aromatic nitrogens is 1. The Morgan fingerprint density at radius 3 is 2.41 bits per heavy atom. The van der Waals surface area contributed by atoms with E-state index in [-0.39, 0.29) is 16.9 Å². The number of ketones is 1. The Morgan fingerprint density at radius 2 is 1.78 bits per heavy atom. The van der Waals surface area contributed by atoms with E-state index in [1.54, 1.807) is 66.9 Å². The zero-order valence-corrected chi connectivity index (χ0v) is 18.0. The fourth-order valence-electron chi connectivity index (χ4n) is 3.66. The number of aliphatic hydroxyl groups is 1. The molecule has 1 fully saturated rings. The highest BCUT2D eigenvalue weighted by Gasteiger charge is 2.47. The van der Waals surface area contributed by atoms with Crippen LogP contribution in [0.4, 0.5) is 5.69 Å². The molecule has 1 aliphatic rings. The molecule has 8 heteroatoms. The van der Waals surface area contributed by atoms with Crippen molar-refractivity contribution in [2.45, 2.75) is 6.04 Å². The lowest BCUT2D eigenvalue weighted by Gasteiger charge is -2.24. The van der Waals surface area contributed by atoms with Gasteiger partial charge in [0.15, 0.2) is 0 Å². The van der Waals surface area contributed by atoms with Crippen molar-refractivity contribution in [3.63, 3.8) is 0 Å². The second-order valence-corrected chi connectivity index (χ2v) is 7.40. The Bertz CT molecular complexity index is 1210. The van der Waals surface area contributed by atoms with Crippen LogP contribution in [0, 0.1) is 0 Å². The van der Waals surface area contributed by atoms with Gasteiger partial charge in [-0.3, -0.25) is 19.5 Å². The van der Waals surface area contributed by atoms with Crippen molar-refractivity contribution >= 4 is 34.7 Å². The van der Waals surface area contributed by atoms with Crippen LogP contribution in [0.15, 0.2) is 72.4 Å². The Balaban J connectivity index is 1.97. The number of halogens is 1. The van der Waals surface area contributed by atoms with Gasteiger partial charge in [0.05, 0.1) is 31.1 Å². The Morgan fingerprint density at radius 1 is 1.03 bits per heavy atom. The number of aliphatic hydroxyl groups excluding tert-OH is 1. The van der Waals surface area contributed by atoms with Gasteiger partial charge >= 0.3 is 0 Å². The number of amides is 1. The molecule has 0 radical (unpaired) electrons. The van der Waals surface area contributed by atoms with E-state index in [1.807, 2.05) is 0 Å². The summed E-state index contributed by atoms with van der Waals surface area (Å²) in [4.78, 5) is 31.9. The molecule has 1 atom stereocenters. The molecule has 0 aliphatic carbocycles. The van der Waals surface area contributed by atoms with E-state index >= 15 is 0 Å². The molecule has 0 bridgehead atoms. The number of ether oxygens (including phenoxy) is 2. The third-order valence-electron chi connectivity index (χ3n) is 5.18. The molecular formula is C24H19ClN2O5. The maximum atomic E-state index is 13.2. The first-order valence-electron chi connectivity index (χ1n) is 9.66. The number of carbonyl (C=O) groups is 2. The number of pyridine rings is 1. The summed E-state index contributed by atoms with van der Waals surface area (Å²) in [5.74, 6) is -1.23. The van der Waals surface area contributed by atoms with Crippen LogP contribution in [0.3, 0.4) is 0 Å². The molecule has 1 saturated heterocycles. The quantitative estimate of drug-likeness (QED) is 0.352. The number of hydrogen-bond acceptors (Lipinski definition) is 6. The molecule has 0 spiro atoms. The van der Waals surface area contributed by atoms with Gasteiger partial charge in [-0.2, -0.15) is 0 Å². The maximum Gasteiger partial charge on any atom is 0.300 e. The van der Waals surface area contributed by atoms with E-state index in [0.29, 0.717) is 27.9 Å². The van der Waals surface area contributed by atoms with Gasteiger partial charge in [-0.25, -0.2) is 0 Å². The number of benzene rings is 2. The topological polar surface area (TPSA) is 89.0 Å².